The highest BCUT2D eigenvalue weighted by atomic mass is 79.9. The van der Waals surface area contributed by atoms with Crippen molar-refractivity contribution >= 4 is 27.3 Å². The van der Waals surface area contributed by atoms with Gasteiger partial charge in [-0.1, -0.05) is 0 Å². The molecule has 0 radical (unpaired) electrons. The van der Waals surface area contributed by atoms with Crippen LogP contribution in [0.1, 0.15) is 5.69 Å². The van der Waals surface area contributed by atoms with E-state index in [0.29, 0.717) is 0 Å². The molecule has 0 saturated heterocycles. The van der Waals surface area contributed by atoms with Crippen molar-refractivity contribution in [1.29, 1.82) is 0 Å². The van der Waals surface area contributed by atoms with Crippen LogP contribution < -0.4 is 0 Å². The maximum absolute atomic E-state index is 4.27. The molecule has 0 N–H and O–H groups in total. The van der Waals surface area contributed by atoms with E-state index in [1.54, 1.807) is 22.2 Å². The van der Waals surface area contributed by atoms with Crippen LogP contribution in [0.2, 0.25) is 0 Å². The minimum atomic E-state index is 0.892. The van der Waals surface area contributed by atoms with Gasteiger partial charge < -0.3 is 0 Å². The van der Waals surface area contributed by atoms with E-state index in [0.717, 1.165) is 15.3 Å². The van der Waals surface area contributed by atoms with Gasteiger partial charge in [-0.05, 0) is 22.9 Å². The molecule has 0 amide bonds. The van der Waals surface area contributed by atoms with Crippen molar-refractivity contribution in [3.8, 4) is 5.13 Å². The summed E-state index contributed by atoms with van der Waals surface area (Å²) in [6, 6.07) is 0. The van der Waals surface area contributed by atoms with E-state index in [2.05, 4.69) is 26.0 Å². The SMILES string of the molecule is Cc1nn(-c2nccs2)cc1Br. The highest BCUT2D eigenvalue weighted by Crippen LogP contribution is 2.17. The molecule has 0 aromatic carbocycles. The van der Waals surface area contributed by atoms with Crippen molar-refractivity contribution in [2.24, 2.45) is 0 Å². The molecule has 0 fully saturated rings. The molecule has 2 rings (SSSR count). The van der Waals surface area contributed by atoms with Crippen molar-refractivity contribution in [2.45, 2.75) is 6.92 Å². The fraction of sp³-hybridized carbons (Fsp3) is 0.143. The predicted octanol–water partition coefficient (Wildman–Crippen LogP) is 2.40. The van der Waals surface area contributed by atoms with Crippen LogP contribution in [0.4, 0.5) is 0 Å². The number of rotatable bonds is 1. The smallest absolute Gasteiger partial charge is 0.210 e. The molecule has 0 unspecified atom stereocenters. The van der Waals surface area contributed by atoms with Crippen molar-refractivity contribution < 1.29 is 0 Å². The number of aromatic nitrogens is 3. The molecule has 0 aliphatic rings. The highest BCUT2D eigenvalue weighted by molar-refractivity contribution is 9.10. The molecule has 5 heteroatoms. The summed E-state index contributed by atoms with van der Waals surface area (Å²) >= 11 is 4.96. The summed E-state index contributed by atoms with van der Waals surface area (Å²) in [6.45, 7) is 1.95. The second-order valence-electron chi connectivity index (χ2n) is 2.32. The molecular formula is C7H6BrN3S. The van der Waals surface area contributed by atoms with Crippen molar-refractivity contribution in [3.63, 3.8) is 0 Å². The van der Waals surface area contributed by atoms with Crippen LogP contribution in [0.3, 0.4) is 0 Å². The fourth-order valence-electron chi connectivity index (χ4n) is 0.866. The normalized spacial score (nSPS) is 10.5. The van der Waals surface area contributed by atoms with Crippen molar-refractivity contribution in [2.75, 3.05) is 0 Å². The van der Waals surface area contributed by atoms with Gasteiger partial charge in [-0.2, -0.15) is 5.10 Å². The molecule has 62 valence electrons. The summed E-state index contributed by atoms with van der Waals surface area (Å²) in [4.78, 5) is 4.14. The topological polar surface area (TPSA) is 30.7 Å². The van der Waals surface area contributed by atoms with E-state index in [1.165, 1.54) is 0 Å². The van der Waals surface area contributed by atoms with Crippen LogP contribution in [-0.2, 0) is 0 Å². The molecule has 0 bridgehead atoms. The summed E-state index contributed by atoms with van der Waals surface area (Å²) in [5, 5.41) is 7.09. The van der Waals surface area contributed by atoms with Crippen LogP contribution in [0.15, 0.2) is 22.2 Å². The first kappa shape index (κ1) is 7.94. The van der Waals surface area contributed by atoms with Crippen molar-refractivity contribution in [1.82, 2.24) is 14.8 Å². The molecule has 0 aliphatic heterocycles. The Morgan fingerprint density at radius 3 is 2.92 bits per heavy atom. The maximum atomic E-state index is 4.27. The van der Waals surface area contributed by atoms with E-state index in [9.17, 15) is 0 Å². The third kappa shape index (κ3) is 1.30. The number of nitrogens with zero attached hydrogens (tertiary/aromatic N) is 3. The second kappa shape index (κ2) is 2.99. The van der Waals surface area contributed by atoms with Gasteiger partial charge in [0, 0.05) is 17.8 Å². The molecule has 0 atom stereocenters. The van der Waals surface area contributed by atoms with Crippen LogP contribution in [0, 0.1) is 6.92 Å². The van der Waals surface area contributed by atoms with Crippen LogP contribution in [-0.4, -0.2) is 14.8 Å². The Balaban J connectivity index is 2.48. The number of aryl methyl sites for hydroxylation is 1. The Kier molecular flexibility index (Phi) is 1.98. The average Bonchev–Trinajstić information content (AvgIpc) is 2.61. The molecule has 2 aromatic rings. The first-order valence-corrected chi connectivity index (χ1v) is 5.06. The Labute approximate surface area is 82.2 Å². The lowest BCUT2D eigenvalue weighted by atomic mass is 10.5. The summed E-state index contributed by atoms with van der Waals surface area (Å²) < 4.78 is 2.78. The molecular weight excluding hydrogens is 238 g/mol. The Morgan fingerprint density at radius 2 is 2.42 bits per heavy atom. The van der Waals surface area contributed by atoms with Gasteiger partial charge >= 0.3 is 0 Å². The largest absolute Gasteiger partial charge is 0.227 e. The van der Waals surface area contributed by atoms with Gasteiger partial charge in [0.05, 0.1) is 10.2 Å². The van der Waals surface area contributed by atoms with Crippen LogP contribution in [0.5, 0.6) is 0 Å². The number of halogens is 1. The lowest BCUT2D eigenvalue weighted by Crippen LogP contribution is -1.92. The minimum absolute atomic E-state index is 0.892. The monoisotopic (exact) mass is 243 g/mol. The molecule has 0 spiro atoms. The molecule has 0 saturated carbocycles. The van der Waals surface area contributed by atoms with Gasteiger partial charge in [0.2, 0.25) is 5.13 Å². The van der Waals surface area contributed by atoms with Gasteiger partial charge in [0.25, 0.3) is 0 Å². The number of thiazole rings is 1. The Bertz CT molecular complexity index is 360. The first-order valence-electron chi connectivity index (χ1n) is 3.39. The lowest BCUT2D eigenvalue weighted by Gasteiger charge is -1.90. The third-order valence-electron chi connectivity index (χ3n) is 1.45. The molecule has 0 aliphatic carbocycles. The minimum Gasteiger partial charge on any atom is -0.227 e. The maximum Gasteiger partial charge on any atom is 0.210 e. The Morgan fingerprint density at radius 1 is 1.58 bits per heavy atom. The van der Waals surface area contributed by atoms with E-state index in [-0.39, 0.29) is 0 Å². The highest BCUT2D eigenvalue weighted by Gasteiger charge is 2.04. The quantitative estimate of drug-likeness (QED) is 0.771. The lowest BCUT2D eigenvalue weighted by molar-refractivity contribution is 0.853. The standard InChI is InChI=1S/C7H6BrN3S/c1-5-6(8)4-11(10-5)7-9-2-3-12-7/h2-4H,1H3. The van der Waals surface area contributed by atoms with Crippen molar-refractivity contribution in [3.05, 3.63) is 27.9 Å². The zero-order valence-electron chi connectivity index (χ0n) is 6.36. The summed E-state index contributed by atoms with van der Waals surface area (Å²) in [6.07, 6.45) is 3.68. The van der Waals surface area contributed by atoms with Gasteiger partial charge in [-0.15, -0.1) is 11.3 Å². The summed E-state index contributed by atoms with van der Waals surface area (Å²) in [5.41, 5.74) is 0.977. The molecule has 3 nitrogen and oxygen atoms in total. The van der Waals surface area contributed by atoms with E-state index < -0.39 is 0 Å². The summed E-state index contributed by atoms with van der Waals surface area (Å²) in [5.74, 6) is 0. The van der Waals surface area contributed by atoms with Gasteiger partial charge in [0.1, 0.15) is 0 Å². The van der Waals surface area contributed by atoms with Gasteiger partial charge in [0.15, 0.2) is 0 Å². The number of hydrogen-bond acceptors (Lipinski definition) is 3. The zero-order valence-corrected chi connectivity index (χ0v) is 8.76. The Hall–Kier alpha value is -0.680. The predicted molar refractivity (Wildman–Crippen MR) is 51.7 cm³/mol. The van der Waals surface area contributed by atoms with E-state index in [1.807, 2.05) is 18.5 Å². The average molecular weight is 244 g/mol. The zero-order chi connectivity index (χ0) is 8.55. The molecule has 2 aromatic heterocycles. The molecule has 12 heavy (non-hydrogen) atoms. The fourth-order valence-corrected chi connectivity index (χ4v) is 1.71. The summed E-state index contributed by atoms with van der Waals surface area (Å²) in [7, 11) is 0. The van der Waals surface area contributed by atoms with Gasteiger partial charge in [-0.25, -0.2) is 9.67 Å². The number of hydrogen-bond donors (Lipinski definition) is 0. The first-order chi connectivity index (χ1) is 5.77. The van der Waals surface area contributed by atoms with Gasteiger partial charge in [-0.3, -0.25) is 0 Å². The third-order valence-corrected chi connectivity index (χ3v) is 2.99. The van der Waals surface area contributed by atoms with Crippen LogP contribution in [0.25, 0.3) is 5.13 Å². The second-order valence-corrected chi connectivity index (χ2v) is 4.05. The molecule has 2 heterocycles. The van der Waals surface area contributed by atoms with Crippen LogP contribution >= 0.6 is 27.3 Å². The van der Waals surface area contributed by atoms with E-state index in [4.69, 9.17) is 0 Å². The van der Waals surface area contributed by atoms with E-state index >= 15 is 0 Å².